The summed E-state index contributed by atoms with van der Waals surface area (Å²) in [6, 6.07) is 10.7. The molecule has 0 radical (unpaired) electrons. The van der Waals surface area contributed by atoms with E-state index in [1.165, 1.54) is 0 Å². The average Bonchev–Trinajstić information content (AvgIpc) is 2.67. The largest absolute Gasteiger partial charge is 0.484 e. The summed E-state index contributed by atoms with van der Waals surface area (Å²) in [6.45, 7) is 6.87. The number of carbonyl (C=O) groups is 2. The topological polar surface area (TPSA) is 61.9 Å². The molecule has 1 aliphatic rings. The molecule has 1 N–H and O–H groups in total. The molecule has 1 heterocycles. The van der Waals surface area contributed by atoms with Crippen LogP contribution >= 0.6 is 11.6 Å². The van der Waals surface area contributed by atoms with Crippen molar-refractivity contribution in [2.24, 2.45) is 0 Å². The Bertz CT molecular complexity index is 888. The molecule has 0 spiro atoms. The monoisotopic (exact) mass is 415 g/mol. The van der Waals surface area contributed by atoms with Crippen molar-refractivity contribution in [1.29, 1.82) is 0 Å². The van der Waals surface area contributed by atoms with Gasteiger partial charge in [0.1, 0.15) is 5.75 Å². The fraction of sp³-hybridized carbons (Fsp3) is 0.364. The maximum Gasteiger partial charge on any atom is 0.262 e. The van der Waals surface area contributed by atoms with Crippen LogP contribution in [0.1, 0.15) is 21.5 Å². The minimum atomic E-state index is -0.338. The van der Waals surface area contributed by atoms with Gasteiger partial charge in [-0.15, -0.1) is 0 Å². The van der Waals surface area contributed by atoms with Gasteiger partial charge in [-0.25, -0.2) is 0 Å². The number of aryl methyl sites for hydroxylation is 2. The van der Waals surface area contributed by atoms with Gasteiger partial charge in [0.05, 0.1) is 10.7 Å². The predicted molar refractivity (Wildman–Crippen MR) is 115 cm³/mol. The maximum atomic E-state index is 12.8. The number of hydrogen-bond acceptors (Lipinski definition) is 4. The van der Waals surface area contributed by atoms with E-state index in [2.05, 4.69) is 10.2 Å². The van der Waals surface area contributed by atoms with Crippen LogP contribution < -0.4 is 10.1 Å². The fourth-order valence-electron chi connectivity index (χ4n) is 3.30. The molecule has 0 saturated carbocycles. The summed E-state index contributed by atoms with van der Waals surface area (Å²) in [6.07, 6.45) is 0. The number of piperazine rings is 1. The highest BCUT2D eigenvalue weighted by Crippen LogP contribution is 2.24. The molecule has 0 bridgehead atoms. The summed E-state index contributed by atoms with van der Waals surface area (Å²) < 4.78 is 5.59. The molecule has 1 saturated heterocycles. The van der Waals surface area contributed by atoms with Crippen LogP contribution in [0.25, 0.3) is 0 Å². The van der Waals surface area contributed by atoms with Crippen molar-refractivity contribution in [2.45, 2.75) is 13.8 Å². The molecule has 29 heavy (non-hydrogen) atoms. The number of ether oxygens (including phenoxy) is 1. The molecule has 2 aromatic rings. The smallest absolute Gasteiger partial charge is 0.262 e. The Balaban J connectivity index is 1.63. The van der Waals surface area contributed by atoms with Crippen LogP contribution in [-0.4, -0.2) is 61.4 Å². The van der Waals surface area contributed by atoms with Gasteiger partial charge < -0.3 is 19.9 Å². The first-order chi connectivity index (χ1) is 13.8. The number of benzene rings is 2. The Labute approximate surface area is 176 Å². The van der Waals surface area contributed by atoms with E-state index < -0.39 is 0 Å². The Morgan fingerprint density at radius 2 is 1.69 bits per heavy atom. The number of rotatable bonds is 5. The van der Waals surface area contributed by atoms with Gasteiger partial charge in [-0.3, -0.25) is 9.59 Å². The zero-order valence-electron chi connectivity index (χ0n) is 17.0. The zero-order valence-corrected chi connectivity index (χ0v) is 17.8. The van der Waals surface area contributed by atoms with E-state index in [0.29, 0.717) is 35.1 Å². The van der Waals surface area contributed by atoms with E-state index in [1.54, 1.807) is 18.2 Å². The van der Waals surface area contributed by atoms with Crippen LogP contribution in [0, 0.1) is 13.8 Å². The lowest BCUT2D eigenvalue weighted by Crippen LogP contribution is -2.47. The molecule has 0 atom stereocenters. The Kier molecular flexibility index (Phi) is 6.77. The van der Waals surface area contributed by atoms with Gasteiger partial charge in [0, 0.05) is 31.7 Å². The molecule has 154 valence electrons. The first-order valence-corrected chi connectivity index (χ1v) is 9.98. The van der Waals surface area contributed by atoms with Gasteiger partial charge in [0.2, 0.25) is 0 Å². The van der Waals surface area contributed by atoms with Crippen LogP contribution in [0.3, 0.4) is 0 Å². The number of hydrogen-bond donors (Lipinski definition) is 1. The first kappa shape index (κ1) is 21.1. The lowest BCUT2D eigenvalue weighted by atomic mass is 10.1. The summed E-state index contributed by atoms with van der Waals surface area (Å²) in [5.41, 5.74) is 3.04. The number of halogens is 1. The van der Waals surface area contributed by atoms with Gasteiger partial charge in [-0.1, -0.05) is 17.7 Å². The highest BCUT2D eigenvalue weighted by atomic mass is 35.5. The highest BCUT2D eigenvalue weighted by molar-refractivity contribution is 6.33. The maximum absolute atomic E-state index is 12.8. The van der Waals surface area contributed by atoms with E-state index >= 15 is 0 Å². The van der Waals surface area contributed by atoms with Crippen molar-refractivity contribution < 1.29 is 14.3 Å². The van der Waals surface area contributed by atoms with Gasteiger partial charge >= 0.3 is 0 Å². The summed E-state index contributed by atoms with van der Waals surface area (Å²) in [7, 11) is 2.04. The molecule has 6 nitrogen and oxygen atoms in total. The molecule has 0 aliphatic carbocycles. The number of anilines is 1. The third-order valence-corrected chi connectivity index (χ3v) is 5.17. The molecule has 0 unspecified atom stereocenters. The number of nitrogens with one attached hydrogen (secondary N) is 1. The summed E-state index contributed by atoms with van der Waals surface area (Å²) in [5.74, 6) is 0.245. The standard InChI is InChI=1S/C22H26ClN3O3/c1-15-10-16(2)12-18(11-15)29-14-21(27)24-20-13-17(4-5-19(20)23)22(28)26-8-6-25(3)7-9-26/h4-5,10-13H,6-9,14H2,1-3H3,(H,24,27). The van der Waals surface area contributed by atoms with Crippen LogP contribution in [0.4, 0.5) is 5.69 Å². The number of carbonyl (C=O) groups excluding carboxylic acids is 2. The fourth-order valence-corrected chi connectivity index (χ4v) is 3.46. The molecule has 1 aliphatic heterocycles. The number of likely N-dealkylation sites (N-methyl/N-ethyl adjacent to an activating group) is 1. The van der Waals surface area contributed by atoms with Gasteiger partial charge in [0.15, 0.2) is 6.61 Å². The van der Waals surface area contributed by atoms with Gasteiger partial charge in [-0.2, -0.15) is 0 Å². The van der Waals surface area contributed by atoms with Crippen LogP contribution in [0.15, 0.2) is 36.4 Å². The van der Waals surface area contributed by atoms with Gasteiger partial charge in [0.25, 0.3) is 11.8 Å². The minimum Gasteiger partial charge on any atom is -0.484 e. The minimum absolute atomic E-state index is 0.0586. The molecule has 2 amide bonds. The normalized spacial score (nSPS) is 14.6. The summed E-state index contributed by atoms with van der Waals surface area (Å²) >= 11 is 6.22. The average molecular weight is 416 g/mol. The molecule has 1 fully saturated rings. The second-order valence-electron chi connectivity index (χ2n) is 7.45. The van der Waals surface area contributed by atoms with E-state index in [0.717, 1.165) is 24.2 Å². The predicted octanol–water partition coefficient (Wildman–Crippen LogP) is 3.36. The lowest BCUT2D eigenvalue weighted by molar-refractivity contribution is -0.118. The Morgan fingerprint density at radius 3 is 2.34 bits per heavy atom. The Hall–Kier alpha value is -2.57. The molecular weight excluding hydrogens is 390 g/mol. The van der Waals surface area contributed by atoms with Crippen molar-refractivity contribution in [3.8, 4) is 5.75 Å². The number of amides is 2. The second kappa shape index (κ2) is 9.29. The second-order valence-corrected chi connectivity index (χ2v) is 7.86. The third kappa shape index (κ3) is 5.71. The molecule has 7 heteroatoms. The van der Waals surface area contributed by atoms with E-state index in [1.807, 2.05) is 44.0 Å². The van der Waals surface area contributed by atoms with Crippen molar-refractivity contribution in [3.63, 3.8) is 0 Å². The van der Waals surface area contributed by atoms with E-state index in [4.69, 9.17) is 16.3 Å². The van der Waals surface area contributed by atoms with Crippen molar-refractivity contribution in [1.82, 2.24) is 9.80 Å². The third-order valence-electron chi connectivity index (χ3n) is 4.84. The van der Waals surface area contributed by atoms with Crippen molar-refractivity contribution in [3.05, 3.63) is 58.1 Å². The highest BCUT2D eigenvalue weighted by Gasteiger charge is 2.21. The van der Waals surface area contributed by atoms with Crippen LogP contribution in [0.2, 0.25) is 5.02 Å². The molecule has 0 aromatic heterocycles. The molecule has 2 aromatic carbocycles. The Morgan fingerprint density at radius 1 is 1.03 bits per heavy atom. The van der Waals surface area contributed by atoms with Crippen molar-refractivity contribution in [2.75, 3.05) is 45.2 Å². The quantitative estimate of drug-likeness (QED) is 0.813. The molecular formula is C22H26ClN3O3. The first-order valence-electron chi connectivity index (χ1n) is 9.60. The van der Waals surface area contributed by atoms with Crippen LogP contribution in [0.5, 0.6) is 5.75 Å². The summed E-state index contributed by atoms with van der Waals surface area (Å²) in [4.78, 5) is 29.1. The zero-order chi connectivity index (χ0) is 21.0. The van der Waals surface area contributed by atoms with Crippen LogP contribution in [-0.2, 0) is 4.79 Å². The summed E-state index contributed by atoms with van der Waals surface area (Å²) in [5, 5.41) is 3.11. The SMILES string of the molecule is Cc1cc(C)cc(OCC(=O)Nc2cc(C(=O)N3CCN(C)CC3)ccc2Cl)c1. The number of nitrogens with zero attached hydrogens (tertiary/aromatic N) is 2. The van der Waals surface area contributed by atoms with Crippen molar-refractivity contribution >= 4 is 29.1 Å². The molecule has 3 rings (SSSR count). The van der Waals surface area contributed by atoms with E-state index in [9.17, 15) is 9.59 Å². The van der Waals surface area contributed by atoms with Gasteiger partial charge in [-0.05, 0) is 62.4 Å². The van der Waals surface area contributed by atoms with E-state index in [-0.39, 0.29) is 18.4 Å². The lowest BCUT2D eigenvalue weighted by Gasteiger charge is -2.32.